The molecular formula is C55H90N14O11S. The molecule has 0 saturated carbocycles. The third-order valence-electron chi connectivity index (χ3n) is 13.3. The number of guanidine groups is 1. The molecule has 1 fully saturated rings. The molecule has 0 radical (unpaired) electrons. The minimum Gasteiger partial charge on any atom is -0.480 e. The van der Waals surface area contributed by atoms with Crippen LogP contribution in [0.15, 0.2) is 35.5 Å². The van der Waals surface area contributed by atoms with E-state index in [-0.39, 0.29) is 86.4 Å². The number of H-pyrrole nitrogens is 1. The summed E-state index contributed by atoms with van der Waals surface area (Å²) in [4.78, 5) is 143. The SMILES string of the molecule is CC(C)C[C@H](NC(=O)[C@H](CC(C)C)NC(=O)[C@H](Cc1c[nH]c2ccccc12)NC(=O)[C@H](C)NC(=O)[C@H](CCCN=C(N)N)NC(=O)[C@H](C)NC(=O)[C@H](CS)NC(=O)[C@H](CC(C)C)NC(=O)[C@H](CC(C)C)NC(=O)[C@@H]1CCCN1)C(=O)O. The fraction of sp³-hybridized carbons (Fsp3) is 0.655. The van der Waals surface area contributed by atoms with Crippen LogP contribution in [0.4, 0.5) is 0 Å². The molecule has 0 bridgehead atoms. The lowest BCUT2D eigenvalue weighted by Crippen LogP contribution is -2.60. The molecule has 452 valence electrons. The van der Waals surface area contributed by atoms with Gasteiger partial charge >= 0.3 is 5.97 Å². The molecule has 3 rings (SSSR count). The van der Waals surface area contributed by atoms with Crippen LogP contribution in [0.5, 0.6) is 0 Å². The number of hydrogen-bond acceptors (Lipinski definition) is 13. The first-order chi connectivity index (χ1) is 38.1. The molecule has 1 saturated heterocycles. The number of aromatic amines is 1. The van der Waals surface area contributed by atoms with Gasteiger partial charge in [-0.05, 0) is 107 Å². The van der Waals surface area contributed by atoms with Crippen molar-refractivity contribution in [3.05, 3.63) is 36.0 Å². The maximum atomic E-state index is 14.3. The van der Waals surface area contributed by atoms with E-state index in [4.69, 9.17) is 11.5 Å². The maximum absolute atomic E-state index is 14.3. The van der Waals surface area contributed by atoms with Crippen LogP contribution in [0.3, 0.4) is 0 Å². The number of rotatable bonds is 34. The van der Waals surface area contributed by atoms with Crippen LogP contribution in [0.1, 0.15) is 126 Å². The molecule has 1 aromatic heterocycles. The van der Waals surface area contributed by atoms with Crippen molar-refractivity contribution in [3.63, 3.8) is 0 Å². The molecule has 0 spiro atoms. The number of hydrogen-bond donors (Lipinski definition) is 15. The number of aliphatic carboxylic acids is 1. The number of thiol groups is 1. The monoisotopic (exact) mass is 1150 g/mol. The Morgan fingerprint density at radius 1 is 0.580 bits per heavy atom. The second kappa shape index (κ2) is 33.7. The van der Waals surface area contributed by atoms with E-state index < -0.39 is 114 Å². The molecule has 16 N–H and O–H groups in total. The van der Waals surface area contributed by atoms with Crippen LogP contribution < -0.4 is 64.6 Å². The quantitative estimate of drug-likeness (QED) is 0.0192. The number of nitrogens with zero attached hydrogens (tertiary/aromatic N) is 1. The summed E-state index contributed by atoms with van der Waals surface area (Å²) in [7, 11) is 0. The average Bonchev–Trinajstić information content (AvgIpc) is 4.09. The second-order valence-corrected chi connectivity index (χ2v) is 23.0. The molecule has 81 heavy (non-hydrogen) atoms. The van der Waals surface area contributed by atoms with Crippen LogP contribution in [0, 0.1) is 23.7 Å². The van der Waals surface area contributed by atoms with E-state index in [0.29, 0.717) is 24.9 Å². The summed E-state index contributed by atoms with van der Waals surface area (Å²) in [6.07, 6.45) is 3.98. The Bertz CT molecular complexity index is 2490. The molecule has 0 unspecified atom stereocenters. The predicted molar refractivity (Wildman–Crippen MR) is 311 cm³/mol. The Morgan fingerprint density at radius 3 is 1.49 bits per heavy atom. The highest BCUT2D eigenvalue weighted by atomic mass is 32.1. The number of para-hydroxylation sites is 1. The van der Waals surface area contributed by atoms with Gasteiger partial charge in [-0.2, -0.15) is 12.6 Å². The lowest BCUT2D eigenvalue weighted by molar-refractivity contribution is -0.143. The molecular weight excluding hydrogens is 1060 g/mol. The summed E-state index contributed by atoms with van der Waals surface area (Å²) in [6, 6.07) is -4.13. The van der Waals surface area contributed by atoms with E-state index in [1.165, 1.54) is 13.8 Å². The Hall–Kier alpha value is -6.96. The maximum Gasteiger partial charge on any atom is 0.326 e. The predicted octanol–water partition coefficient (Wildman–Crippen LogP) is 0.118. The van der Waals surface area contributed by atoms with Gasteiger partial charge in [0.25, 0.3) is 0 Å². The first kappa shape index (κ1) is 68.3. The van der Waals surface area contributed by atoms with Gasteiger partial charge in [-0.15, -0.1) is 0 Å². The number of amides is 9. The normalized spacial score (nSPS) is 16.6. The summed E-state index contributed by atoms with van der Waals surface area (Å²) in [5.74, 6) is -8.18. The average molecular weight is 1160 g/mol. The van der Waals surface area contributed by atoms with E-state index in [9.17, 15) is 53.1 Å². The lowest BCUT2D eigenvalue weighted by atomic mass is 9.99. The highest BCUT2D eigenvalue weighted by Crippen LogP contribution is 2.20. The summed E-state index contributed by atoms with van der Waals surface area (Å²) >= 11 is 4.29. The van der Waals surface area contributed by atoms with Gasteiger partial charge in [-0.25, -0.2) is 4.79 Å². The minimum atomic E-state index is -1.33. The first-order valence-electron chi connectivity index (χ1n) is 28.0. The number of nitrogens with two attached hydrogens (primary N) is 2. The zero-order chi connectivity index (χ0) is 60.7. The molecule has 25 nitrogen and oxygen atoms in total. The zero-order valence-corrected chi connectivity index (χ0v) is 49.4. The van der Waals surface area contributed by atoms with Crippen LogP contribution >= 0.6 is 12.6 Å². The zero-order valence-electron chi connectivity index (χ0n) is 48.5. The minimum absolute atomic E-state index is 0.0229. The molecule has 2 aromatic rings. The van der Waals surface area contributed by atoms with Crippen LogP contribution in [-0.4, -0.2) is 154 Å². The van der Waals surface area contributed by atoms with Crippen molar-refractivity contribution in [2.45, 2.75) is 187 Å². The van der Waals surface area contributed by atoms with Crippen molar-refractivity contribution >= 4 is 88.6 Å². The van der Waals surface area contributed by atoms with Crippen molar-refractivity contribution in [1.29, 1.82) is 0 Å². The first-order valence-corrected chi connectivity index (χ1v) is 28.6. The van der Waals surface area contributed by atoms with Crippen molar-refractivity contribution in [3.8, 4) is 0 Å². The van der Waals surface area contributed by atoms with Gasteiger partial charge in [0.15, 0.2) is 5.96 Å². The fourth-order valence-corrected chi connectivity index (χ4v) is 9.38. The number of carboxylic acids is 1. The van der Waals surface area contributed by atoms with Gasteiger partial charge in [-0.3, -0.25) is 48.1 Å². The molecule has 10 atom stereocenters. The Balaban J connectivity index is 1.79. The number of nitrogens with one attached hydrogen (secondary N) is 11. The number of fused-ring (bicyclic) bond motifs is 1. The Morgan fingerprint density at radius 2 is 1.01 bits per heavy atom. The molecule has 1 aliphatic rings. The molecule has 1 aromatic carbocycles. The van der Waals surface area contributed by atoms with Crippen molar-refractivity contribution in [2.24, 2.45) is 40.1 Å². The van der Waals surface area contributed by atoms with Gasteiger partial charge in [0.1, 0.15) is 54.4 Å². The number of aliphatic imine (C=N–C) groups is 1. The number of carboxylic acid groups (broad SMARTS) is 1. The topological polar surface area (TPSA) is 391 Å². The van der Waals surface area contributed by atoms with Crippen molar-refractivity contribution in [1.82, 2.24) is 58.2 Å². The third kappa shape index (κ3) is 23.6. The molecule has 9 amide bonds. The van der Waals surface area contributed by atoms with Gasteiger partial charge in [0.2, 0.25) is 53.2 Å². The van der Waals surface area contributed by atoms with Crippen LogP contribution in [0.2, 0.25) is 0 Å². The Kier molecular flexibility index (Phi) is 28.4. The fourth-order valence-electron chi connectivity index (χ4n) is 9.12. The van der Waals surface area contributed by atoms with Crippen molar-refractivity contribution in [2.75, 3.05) is 18.8 Å². The number of carbonyl (C=O) groups is 10. The number of aromatic nitrogens is 1. The van der Waals surface area contributed by atoms with E-state index in [0.717, 1.165) is 17.3 Å². The lowest BCUT2D eigenvalue weighted by Gasteiger charge is -2.28. The Labute approximate surface area is 480 Å². The highest BCUT2D eigenvalue weighted by molar-refractivity contribution is 7.80. The van der Waals surface area contributed by atoms with Crippen LogP contribution in [-0.2, 0) is 54.4 Å². The standard InChI is InChI=1S/C55H90N14O11S/c1-28(2)21-39(65-47(72)37-17-13-19-58-37)49(74)66-41(23-30(5)6)51(76)69-44(27-81)53(78)62-32(9)45(70)63-38(18-14-20-59-55(56)57)48(73)61-33(10)46(71)64-42(25-34-26-60-36-16-12-11-15-35(34)36)52(77)67-40(22-29(3)4)50(75)68-43(54(79)80)24-31(7)8/h11-12,15-16,26,28-33,37-44,58,60,81H,13-14,17-25,27H2,1-10H3,(H,61,73)(H,62,78)(H,63,70)(H,64,71)(H,65,72)(H,66,74)(H,67,77)(H,68,75)(H,69,76)(H,79,80)(H4,56,57,59)/t32-,33-,37-,38-,39-,40-,41-,42-,43-,44-/m0/s1. The summed E-state index contributed by atoms with van der Waals surface area (Å²) in [5.41, 5.74) is 12.4. The van der Waals surface area contributed by atoms with E-state index in [1.54, 1.807) is 6.20 Å². The van der Waals surface area contributed by atoms with E-state index >= 15 is 0 Å². The second-order valence-electron chi connectivity index (χ2n) is 22.6. The molecule has 0 aliphatic carbocycles. The van der Waals surface area contributed by atoms with E-state index in [2.05, 4.69) is 75.8 Å². The van der Waals surface area contributed by atoms with Gasteiger partial charge < -0.3 is 74.7 Å². The van der Waals surface area contributed by atoms with E-state index in [1.807, 2.05) is 79.7 Å². The molecule has 26 heteroatoms. The summed E-state index contributed by atoms with van der Waals surface area (Å²) < 4.78 is 0. The van der Waals surface area contributed by atoms with Crippen molar-refractivity contribution < 1.29 is 53.1 Å². The van der Waals surface area contributed by atoms with Gasteiger partial charge in [-0.1, -0.05) is 73.6 Å². The largest absolute Gasteiger partial charge is 0.480 e. The smallest absolute Gasteiger partial charge is 0.326 e. The molecule has 1 aliphatic heterocycles. The third-order valence-corrected chi connectivity index (χ3v) is 13.7. The highest BCUT2D eigenvalue weighted by Gasteiger charge is 2.35. The van der Waals surface area contributed by atoms with Crippen LogP contribution in [0.25, 0.3) is 10.9 Å². The number of carbonyl (C=O) groups excluding carboxylic acids is 9. The van der Waals surface area contributed by atoms with Gasteiger partial charge in [0.05, 0.1) is 6.04 Å². The van der Waals surface area contributed by atoms with Gasteiger partial charge in [0, 0.05) is 35.8 Å². The summed E-state index contributed by atoms with van der Waals surface area (Å²) in [5, 5.41) is 37.7. The molecule has 2 heterocycles. The summed E-state index contributed by atoms with van der Waals surface area (Å²) in [6.45, 7) is 18.3. The number of benzene rings is 1.